The van der Waals surface area contributed by atoms with Crippen molar-refractivity contribution in [3.8, 4) is 11.4 Å². The van der Waals surface area contributed by atoms with E-state index < -0.39 is 0 Å². The molecule has 4 rings (SSSR count). The molecule has 106 valence electrons. The van der Waals surface area contributed by atoms with E-state index in [1.807, 2.05) is 16.7 Å². The topological polar surface area (TPSA) is 38.1 Å². The highest BCUT2D eigenvalue weighted by atomic mass is 35.5. The lowest BCUT2D eigenvalue weighted by atomic mass is 9.98. The second-order valence-corrected chi connectivity index (χ2v) is 5.64. The van der Waals surface area contributed by atoms with Crippen LogP contribution in [0.25, 0.3) is 22.3 Å². The summed E-state index contributed by atoms with van der Waals surface area (Å²) in [6.45, 7) is -0.00460. The van der Waals surface area contributed by atoms with Crippen LogP contribution < -0.4 is 0 Å². The first-order valence-corrected chi connectivity index (χ1v) is 7.13. The summed E-state index contributed by atoms with van der Waals surface area (Å²) in [6.07, 6.45) is 0.656. The Labute approximate surface area is 125 Å². The average molecular weight is 303 g/mol. The second kappa shape index (κ2) is 4.55. The van der Waals surface area contributed by atoms with Crippen LogP contribution in [0.5, 0.6) is 0 Å². The van der Waals surface area contributed by atoms with Gasteiger partial charge in [0.15, 0.2) is 0 Å². The van der Waals surface area contributed by atoms with Gasteiger partial charge in [0.05, 0.1) is 29.6 Å². The molecule has 0 saturated carbocycles. The number of rotatable bonds is 1. The van der Waals surface area contributed by atoms with Crippen molar-refractivity contribution < 1.29 is 9.50 Å². The van der Waals surface area contributed by atoms with E-state index in [0.29, 0.717) is 17.0 Å². The van der Waals surface area contributed by atoms with Crippen LogP contribution in [-0.2, 0) is 6.42 Å². The lowest BCUT2D eigenvalue weighted by Crippen LogP contribution is -2.22. The van der Waals surface area contributed by atoms with Crippen molar-refractivity contribution in [2.24, 2.45) is 0 Å². The second-order valence-electron chi connectivity index (χ2n) is 5.25. The van der Waals surface area contributed by atoms with Gasteiger partial charge >= 0.3 is 0 Å². The normalized spacial score (nSPS) is 16.8. The quantitative estimate of drug-likeness (QED) is 0.698. The molecule has 3 heterocycles. The summed E-state index contributed by atoms with van der Waals surface area (Å²) in [7, 11) is 0. The molecule has 0 spiro atoms. The molecule has 3 nitrogen and oxygen atoms in total. The fraction of sp³-hybridized carbons (Fsp3) is 0.188. The van der Waals surface area contributed by atoms with Crippen LogP contribution in [0.15, 0.2) is 36.4 Å². The van der Waals surface area contributed by atoms with Gasteiger partial charge in [0.1, 0.15) is 11.0 Å². The minimum Gasteiger partial charge on any atom is -0.394 e. The molecule has 3 aromatic rings. The minimum absolute atomic E-state index is 0.00460. The first-order chi connectivity index (χ1) is 10.2. The molecule has 1 unspecified atom stereocenters. The predicted molar refractivity (Wildman–Crippen MR) is 80.0 cm³/mol. The van der Waals surface area contributed by atoms with Crippen LogP contribution in [-0.4, -0.2) is 21.3 Å². The number of benzene rings is 1. The Bertz CT molecular complexity index is 859. The number of hydrogen-bond donors (Lipinski definition) is 1. The number of hydrogen-bond acceptors (Lipinski definition) is 2. The molecule has 0 amide bonds. The molecule has 5 heteroatoms. The molecular weight excluding hydrogens is 291 g/mol. The minimum atomic E-state index is -0.269. The maximum Gasteiger partial charge on any atom is 0.132 e. The van der Waals surface area contributed by atoms with Crippen molar-refractivity contribution in [1.82, 2.24) is 9.55 Å². The molecule has 0 bridgehead atoms. The lowest BCUT2D eigenvalue weighted by molar-refractivity contribution is 0.229. The summed E-state index contributed by atoms with van der Waals surface area (Å²) in [6, 6.07) is 10.3. The van der Waals surface area contributed by atoms with Crippen molar-refractivity contribution in [1.29, 1.82) is 0 Å². The van der Waals surface area contributed by atoms with Gasteiger partial charge in [-0.25, -0.2) is 9.37 Å². The van der Waals surface area contributed by atoms with Crippen LogP contribution in [0, 0.1) is 5.82 Å². The third-order valence-electron chi connectivity index (χ3n) is 4.05. The molecule has 21 heavy (non-hydrogen) atoms. The van der Waals surface area contributed by atoms with Crippen molar-refractivity contribution in [2.75, 3.05) is 6.61 Å². The van der Waals surface area contributed by atoms with Gasteiger partial charge in [-0.05, 0) is 36.2 Å². The number of nitrogens with zero attached hydrogens (tertiary/aromatic N) is 2. The summed E-state index contributed by atoms with van der Waals surface area (Å²) in [5, 5.41) is 10.7. The van der Waals surface area contributed by atoms with Crippen LogP contribution in [0.2, 0.25) is 5.15 Å². The largest absolute Gasteiger partial charge is 0.394 e. The highest BCUT2D eigenvalue weighted by molar-refractivity contribution is 6.29. The molecular formula is C16H12ClFN2O. The molecule has 1 aromatic carbocycles. The van der Waals surface area contributed by atoms with Crippen LogP contribution in [0.3, 0.4) is 0 Å². The Morgan fingerprint density at radius 3 is 3.00 bits per heavy atom. The van der Waals surface area contributed by atoms with E-state index in [1.165, 1.54) is 6.07 Å². The molecule has 0 saturated heterocycles. The number of fused-ring (bicyclic) bond motifs is 5. The monoisotopic (exact) mass is 302 g/mol. The Morgan fingerprint density at radius 2 is 2.19 bits per heavy atom. The number of halogens is 2. The van der Waals surface area contributed by atoms with Crippen molar-refractivity contribution in [3.05, 3.63) is 52.9 Å². The number of aromatic nitrogens is 2. The van der Waals surface area contributed by atoms with Crippen LogP contribution in [0.4, 0.5) is 4.39 Å². The molecule has 0 radical (unpaired) electrons. The fourth-order valence-corrected chi connectivity index (χ4v) is 3.28. The lowest BCUT2D eigenvalue weighted by Gasteiger charge is -2.27. The Hall–Kier alpha value is -1.91. The van der Waals surface area contributed by atoms with E-state index in [2.05, 4.69) is 4.98 Å². The van der Waals surface area contributed by atoms with Crippen molar-refractivity contribution in [3.63, 3.8) is 0 Å². The van der Waals surface area contributed by atoms with Crippen LogP contribution in [0.1, 0.15) is 11.6 Å². The van der Waals surface area contributed by atoms with Crippen LogP contribution >= 0.6 is 11.6 Å². The van der Waals surface area contributed by atoms with Gasteiger partial charge in [-0.3, -0.25) is 0 Å². The molecule has 0 fully saturated rings. The van der Waals surface area contributed by atoms with E-state index in [0.717, 1.165) is 22.5 Å². The number of pyridine rings is 1. The summed E-state index contributed by atoms with van der Waals surface area (Å²) < 4.78 is 16.0. The third kappa shape index (κ3) is 1.79. The molecule has 2 aromatic heterocycles. The van der Waals surface area contributed by atoms with Gasteiger partial charge in [0.2, 0.25) is 0 Å². The van der Waals surface area contributed by atoms with Gasteiger partial charge in [0.25, 0.3) is 0 Å². The SMILES string of the molecule is OCC1Cc2ccc(Cl)nc2-c2cc3c(F)cccc3n21. The number of aliphatic hydroxyl groups is 1. The summed E-state index contributed by atoms with van der Waals surface area (Å²) in [4.78, 5) is 4.39. The van der Waals surface area contributed by atoms with E-state index in [4.69, 9.17) is 11.6 Å². The Morgan fingerprint density at radius 1 is 1.33 bits per heavy atom. The Kier molecular flexibility index (Phi) is 2.77. The molecule has 1 aliphatic heterocycles. The standard InChI is InChI=1S/C16H12ClFN2O/c17-15-5-4-9-6-10(8-21)20-13-3-1-2-12(18)11(13)7-14(20)16(9)19-15/h1-5,7,10,21H,6,8H2. The van der Waals surface area contributed by atoms with Crippen molar-refractivity contribution in [2.45, 2.75) is 12.5 Å². The van der Waals surface area contributed by atoms with Gasteiger partial charge in [-0.1, -0.05) is 23.7 Å². The number of aliphatic hydroxyl groups excluding tert-OH is 1. The first-order valence-electron chi connectivity index (χ1n) is 6.75. The van der Waals surface area contributed by atoms with E-state index >= 15 is 0 Å². The van der Waals surface area contributed by atoms with Gasteiger partial charge in [-0.15, -0.1) is 0 Å². The van der Waals surface area contributed by atoms with Gasteiger partial charge < -0.3 is 9.67 Å². The molecule has 1 atom stereocenters. The summed E-state index contributed by atoms with van der Waals surface area (Å²) in [5.41, 5.74) is 3.37. The highest BCUT2D eigenvalue weighted by Gasteiger charge is 2.27. The summed E-state index contributed by atoms with van der Waals surface area (Å²) >= 11 is 6.00. The summed E-state index contributed by atoms with van der Waals surface area (Å²) in [5.74, 6) is -0.269. The zero-order valence-corrected chi connectivity index (χ0v) is 11.8. The average Bonchev–Trinajstić information content (AvgIpc) is 2.88. The van der Waals surface area contributed by atoms with E-state index in [1.54, 1.807) is 18.2 Å². The zero-order chi connectivity index (χ0) is 14.6. The smallest absolute Gasteiger partial charge is 0.132 e. The zero-order valence-electron chi connectivity index (χ0n) is 11.1. The van der Waals surface area contributed by atoms with Gasteiger partial charge in [-0.2, -0.15) is 0 Å². The predicted octanol–water partition coefficient (Wildman–Crippen LogP) is 3.59. The maximum atomic E-state index is 14.0. The van der Waals surface area contributed by atoms with E-state index in [-0.39, 0.29) is 18.5 Å². The molecule has 0 aliphatic carbocycles. The molecule has 1 aliphatic rings. The van der Waals surface area contributed by atoms with Gasteiger partial charge in [0, 0.05) is 5.39 Å². The van der Waals surface area contributed by atoms with Crippen molar-refractivity contribution >= 4 is 22.5 Å². The maximum absolute atomic E-state index is 14.0. The first kappa shape index (κ1) is 12.8. The molecule has 1 N–H and O–H groups in total. The Balaban J connectivity index is 2.10. The van der Waals surface area contributed by atoms with E-state index in [9.17, 15) is 9.50 Å². The highest BCUT2D eigenvalue weighted by Crippen LogP contribution is 2.39. The fourth-order valence-electron chi connectivity index (χ4n) is 3.13. The third-order valence-corrected chi connectivity index (χ3v) is 4.26.